The molecule has 1 heterocycles. The highest BCUT2D eigenvalue weighted by atomic mass is 16.9. The summed E-state index contributed by atoms with van der Waals surface area (Å²) >= 11 is 0. The number of aromatic amines is 1. The molecule has 0 spiro atoms. The maximum atomic E-state index is 10.3. The summed E-state index contributed by atoms with van der Waals surface area (Å²) in [5.74, 6) is 0.776. The van der Waals surface area contributed by atoms with E-state index in [1.54, 1.807) is 0 Å². The van der Waals surface area contributed by atoms with Gasteiger partial charge in [-0.3, -0.25) is 0 Å². The first-order valence-electron chi connectivity index (χ1n) is 8.44. The monoisotopic (exact) mass is 351 g/mol. The average molecular weight is 351 g/mol. The number of aryl methyl sites for hydroxylation is 1. The molecule has 2 rings (SSSR count). The highest BCUT2D eigenvalue weighted by molar-refractivity contribution is 5.86. The van der Waals surface area contributed by atoms with Crippen molar-refractivity contribution in [1.82, 2.24) is 10.3 Å². The van der Waals surface area contributed by atoms with E-state index in [9.17, 15) is 10.1 Å². The number of aromatic nitrogens is 1. The number of aliphatic hydroxyl groups excluding tert-OH is 1. The van der Waals surface area contributed by atoms with Crippen LogP contribution < -0.4 is 10.1 Å². The van der Waals surface area contributed by atoms with Gasteiger partial charge in [0.15, 0.2) is 0 Å². The van der Waals surface area contributed by atoms with E-state index in [0.717, 1.165) is 53.8 Å². The molecule has 8 nitrogen and oxygen atoms in total. The fourth-order valence-corrected chi connectivity index (χ4v) is 2.71. The zero-order chi connectivity index (χ0) is 18.1. The predicted molar refractivity (Wildman–Crippen MR) is 94.4 cm³/mol. The normalized spacial score (nSPS) is 11.0. The van der Waals surface area contributed by atoms with Crippen LogP contribution in [-0.4, -0.2) is 48.1 Å². The number of nitrogens with one attached hydrogen (secondary N) is 2. The lowest BCUT2D eigenvalue weighted by atomic mass is 10.1. The van der Waals surface area contributed by atoms with Crippen molar-refractivity contribution in [3.63, 3.8) is 0 Å². The Labute approximate surface area is 146 Å². The number of ether oxygens (including phenoxy) is 1. The molecule has 8 heteroatoms. The maximum absolute atomic E-state index is 10.3. The summed E-state index contributed by atoms with van der Waals surface area (Å²) in [5.41, 5.74) is 2.96. The van der Waals surface area contributed by atoms with E-state index >= 15 is 0 Å². The molecule has 0 saturated heterocycles. The minimum absolute atomic E-state index is 0.0331. The second-order valence-corrected chi connectivity index (χ2v) is 5.77. The lowest BCUT2D eigenvalue weighted by Crippen LogP contribution is -2.19. The molecular formula is C17H25N3O5. The van der Waals surface area contributed by atoms with E-state index in [4.69, 9.17) is 9.84 Å². The standard InChI is InChI=1S/C17H25N3O5/c1-13-15(6-11-25-20(22)23)16-12-14(4-5-17(16)19-13)24-10-3-8-18-7-2-9-21/h4-5,12,18-19,21H,2-3,6-11H2,1H3. The van der Waals surface area contributed by atoms with Crippen molar-refractivity contribution in [2.24, 2.45) is 0 Å². The van der Waals surface area contributed by atoms with Gasteiger partial charge >= 0.3 is 0 Å². The van der Waals surface area contributed by atoms with Crippen LogP contribution in [0.4, 0.5) is 0 Å². The van der Waals surface area contributed by atoms with Crippen LogP contribution in [0, 0.1) is 17.0 Å². The molecule has 138 valence electrons. The van der Waals surface area contributed by atoms with Gasteiger partial charge in [-0.2, -0.15) is 0 Å². The molecule has 0 fully saturated rings. The Hall–Kier alpha value is -2.32. The number of hydrogen-bond donors (Lipinski definition) is 3. The summed E-state index contributed by atoms with van der Waals surface area (Å²) in [5, 5.41) is 22.5. The molecule has 0 saturated carbocycles. The highest BCUT2D eigenvalue weighted by Gasteiger charge is 2.10. The van der Waals surface area contributed by atoms with Crippen molar-refractivity contribution in [2.75, 3.05) is 32.9 Å². The number of H-pyrrole nitrogens is 1. The van der Waals surface area contributed by atoms with Crippen LogP contribution in [-0.2, 0) is 11.3 Å². The second-order valence-electron chi connectivity index (χ2n) is 5.77. The molecule has 1 aromatic carbocycles. The Morgan fingerprint density at radius 2 is 2.08 bits per heavy atom. The summed E-state index contributed by atoms with van der Waals surface area (Å²) in [7, 11) is 0. The first-order chi connectivity index (χ1) is 12.1. The predicted octanol–water partition coefficient (Wildman–Crippen LogP) is 1.97. The van der Waals surface area contributed by atoms with Crippen LogP contribution in [0.2, 0.25) is 0 Å². The number of fused-ring (bicyclic) bond motifs is 1. The van der Waals surface area contributed by atoms with Gasteiger partial charge in [0.05, 0.1) is 6.61 Å². The summed E-state index contributed by atoms with van der Waals surface area (Å²) in [6, 6.07) is 5.82. The minimum atomic E-state index is -0.771. The molecule has 0 radical (unpaired) electrons. The average Bonchev–Trinajstić information content (AvgIpc) is 2.89. The molecule has 0 amide bonds. The number of rotatable bonds is 12. The third-order valence-electron chi connectivity index (χ3n) is 3.92. The molecule has 2 aromatic rings. The summed E-state index contributed by atoms with van der Waals surface area (Å²) < 4.78 is 5.78. The van der Waals surface area contributed by atoms with E-state index in [1.807, 2.05) is 25.1 Å². The fraction of sp³-hybridized carbons (Fsp3) is 0.529. The number of aliphatic hydroxyl groups is 1. The van der Waals surface area contributed by atoms with Crippen molar-refractivity contribution in [1.29, 1.82) is 0 Å². The summed E-state index contributed by atoms with van der Waals surface area (Å²) in [6.45, 7) is 4.43. The number of benzene rings is 1. The smallest absolute Gasteiger partial charge is 0.294 e. The first kappa shape index (κ1) is 19.0. The van der Waals surface area contributed by atoms with Crippen molar-refractivity contribution in [3.05, 3.63) is 39.6 Å². The van der Waals surface area contributed by atoms with Crippen molar-refractivity contribution < 1.29 is 19.8 Å². The van der Waals surface area contributed by atoms with E-state index in [2.05, 4.69) is 15.1 Å². The quantitative estimate of drug-likeness (QED) is 0.306. The Balaban J connectivity index is 1.90. The molecule has 3 N–H and O–H groups in total. The third-order valence-corrected chi connectivity index (χ3v) is 3.92. The van der Waals surface area contributed by atoms with E-state index in [1.165, 1.54) is 0 Å². The summed E-state index contributed by atoms with van der Waals surface area (Å²) in [4.78, 5) is 18.0. The molecule has 0 bridgehead atoms. The lowest BCUT2D eigenvalue weighted by Gasteiger charge is -2.08. The van der Waals surface area contributed by atoms with Gasteiger partial charge in [0.1, 0.15) is 12.4 Å². The van der Waals surface area contributed by atoms with Gasteiger partial charge < -0.3 is 25.0 Å². The van der Waals surface area contributed by atoms with Crippen LogP contribution in [0.15, 0.2) is 18.2 Å². The molecule has 0 unspecified atom stereocenters. The zero-order valence-electron chi connectivity index (χ0n) is 14.4. The Morgan fingerprint density at radius 3 is 2.84 bits per heavy atom. The van der Waals surface area contributed by atoms with Gasteiger partial charge in [-0.15, -0.1) is 10.1 Å². The highest BCUT2D eigenvalue weighted by Crippen LogP contribution is 2.27. The third kappa shape index (κ3) is 5.91. The van der Waals surface area contributed by atoms with Gasteiger partial charge in [0, 0.05) is 23.2 Å². The van der Waals surface area contributed by atoms with E-state index in [-0.39, 0.29) is 13.2 Å². The largest absolute Gasteiger partial charge is 0.494 e. The molecular weight excluding hydrogens is 326 g/mol. The first-order valence-corrected chi connectivity index (χ1v) is 8.44. The molecule has 0 aliphatic carbocycles. The fourth-order valence-electron chi connectivity index (χ4n) is 2.71. The summed E-state index contributed by atoms with van der Waals surface area (Å²) in [6.07, 6.45) is 2.09. The Kier molecular flexibility index (Phi) is 7.49. The zero-order valence-corrected chi connectivity index (χ0v) is 14.4. The molecule has 0 atom stereocenters. The second kappa shape index (κ2) is 9.85. The molecule has 0 aliphatic rings. The lowest BCUT2D eigenvalue weighted by molar-refractivity contribution is -0.757. The SMILES string of the molecule is Cc1[nH]c2ccc(OCCCNCCCO)cc2c1CCO[N+](=O)[O-]. The molecule has 25 heavy (non-hydrogen) atoms. The van der Waals surface area contributed by atoms with Crippen LogP contribution in [0.25, 0.3) is 10.9 Å². The maximum Gasteiger partial charge on any atom is 0.294 e. The Bertz CT molecular complexity index is 686. The number of nitrogens with zero attached hydrogens (tertiary/aromatic N) is 1. The van der Waals surface area contributed by atoms with Gasteiger partial charge in [0.2, 0.25) is 0 Å². The van der Waals surface area contributed by atoms with Crippen molar-refractivity contribution in [2.45, 2.75) is 26.2 Å². The van der Waals surface area contributed by atoms with Crippen LogP contribution in [0.5, 0.6) is 5.75 Å². The molecule has 1 aromatic heterocycles. The van der Waals surface area contributed by atoms with Gasteiger partial charge in [-0.1, -0.05) is 0 Å². The van der Waals surface area contributed by atoms with Gasteiger partial charge in [-0.25, -0.2) is 0 Å². The van der Waals surface area contributed by atoms with Crippen molar-refractivity contribution in [3.8, 4) is 5.75 Å². The van der Waals surface area contributed by atoms with Gasteiger partial charge in [-0.05, 0) is 63.0 Å². The van der Waals surface area contributed by atoms with Gasteiger partial charge in [0.25, 0.3) is 5.09 Å². The van der Waals surface area contributed by atoms with Crippen LogP contribution in [0.3, 0.4) is 0 Å². The van der Waals surface area contributed by atoms with Crippen molar-refractivity contribution >= 4 is 10.9 Å². The topological polar surface area (TPSA) is 110 Å². The number of hydrogen-bond acceptors (Lipinski definition) is 6. The minimum Gasteiger partial charge on any atom is -0.494 e. The van der Waals surface area contributed by atoms with E-state index in [0.29, 0.717) is 13.0 Å². The Morgan fingerprint density at radius 1 is 1.28 bits per heavy atom. The van der Waals surface area contributed by atoms with E-state index < -0.39 is 5.09 Å². The van der Waals surface area contributed by atoms with Crippen LogP contribution >= 0.6 is 0 Å². The van der Waals surface area contributed by atoms with Crippen LogP contribution in [0.1, 0.15) is 24.1 Å². The molecule has 0 aliphatic heterocycles.